The second-order valence-corrected chi connectivity index (χ2v) is 6.01. The van der Waals surface area contributed by atoms with Crippen LogP contribution in [-0.4, -0.2) is 29.5 Å². The molecule has 0 saturated heterocycles. The zero-order valence-corrected chi connectivity index (χ0v) is 13.1. The van der Waals surface area contributed by atoms with Gasteiger partial charge in [-0.25, -0.2) is 0 Å². The number of carbonyl (C=O) groups excluding carboxylic acids is 3. The second kappa shape index (κ2) is 5.47. The van der Waals surface area contributed by atoms with Crippen molar-refractivity contribution in [3.05, 3.63) is 71.3 Å². The number of ketones is 1. The normalized spacial score (nSPS) is 20.3. The molecular formula is C19H17NO3. The predicted molar refractivity (Wildman–Crippen MR) is 86.3 cm³/mol. The smallest absolute Gasteiger partial charge is 0.260 e. The highest BCUT2D eigenvalue weighted by atomic mass is 16.2. The number of imide groups is 1. The third-order valence-electron chi connectivity index (χ3n) is 4.44. The third-order valence-corrected chi connectivity index (χ3v) is 4.44. The maximum Gasteiger partial charge on any atom is 0.260 e. The monoisotopic (exact) mass is 307 g/mol. The average Bonchev–Trinajstić information content (AvgIpc) is 2.59. The van der Waals surface area contributed by atoms with Gasteiger partial charge >= 0.3 is 0 Å². The third kappa shape index (κ3) is 2.36. The summed E-state index contributed by atoms with van der Waals surface area (Å²) in [6.07, 6.45) is 0.0322. The van der Waals surface area contributed by atoms with E-state index in [4.69, 9.17) is 0 Å². The van der Waals surface area contributed by atoms with Crippen molar-refractivity contribution >= 4 is 17.6 Å². The van der Waals surface area contributed by atoms with Crippen molar-refractivity contribution in [3.63, 3.8) is 0 Å². The molecule has 2 aromatic carbocycles. The van der Waals surface area contributed by atoms with Crippen molar-refractivity contribution in [2.45, 2.75) is 18.8 Å². The lowest BCUT2D eigenvalue weighted by atomic mass is 9.72. The van der Waals surface area contributed by atoms with E-state index in [9.17, 15) is 14.4 Å². The summed E-state index contributed by atoms with van der Waals surface area (Å²) in [5.74, 6) is -0.778. The number of carbonyl (C=O) groups is 3. The Hall–Kier alpha value is -2.75. The average molecular weight is 307 g/mol. The van der Waals surface area contributed by atoms with Gasteiger partial charge in [0.05, 0.1) is 5.41 Å². The van der Waals surface area contributed by atoms with Crippen LogP contribution in [0.25, 0.3) is 0 Å². The molecule has 3 rings (SSSR count). The van der Waals surface area contributed by atoms with Crippen LogP contribution in [0.1, 0.15) is 39.6 Å². The molecule has 1 atom stereocenters. The van der Waals surface area contributed by atoms with E-state index in [1.54, 1.807) is 55.5 Å². The molecule has 4 nitrogen and oxygen atoms in total. The molecule has 0 unspecified atom stereocenters. The first-order chi connectivity index (χ1) is 10.9. The highest BCUT2D eigenvalue weighted by molar-refractivity contribution is 6.14. The molecule has 2 aromatic rings. The van der Waals surface area contributed by atoms with Crippen LogP contribution in [0, 0.1) is 0 Å². The van der Waals surface area contributed by atoms with Crippen molar-refractivity contribution in [2.75, 3.05) is 7.05 Å². The van der Waals surface area contributed by atoms with Gasteiger partial charge in [0, 0.05) is 24.6 Å². The number of Topliss-reactive ketones (excluding diaryl/α,β-unsaturated/α-hetero) is 1. The number of fused-ring (bicyclic) bond motifs is 1. The van der Waals surface area contributed by atoms with Crippen LogP contribution >= 0.6 is 0 Å². The lowest BCUT2D eigenvalue weighted by molar-refractivity contribution is -0.133. The van der Waals surface area contributed by atoms with Gasteiger partial charge in [-0.3, -0.25) is 19.3 Å². The molecule has 116 valence electrons. The highest BCUT2D eigenvalue weighted by Gasteiger charge is 2.47. The van der Waals surface area contributed by atoms with Gasteiger partial charge in [-0.05, 0) is 18.6 Å². The maximum atomic E-state index is 12.7. The molecule has 0 saturated carbocycles. The lowest BCUT2D eigenvalue weighted by Gasteiger charge is -2.37. The van der Waals surface area contributed by atoms with Crippen LogP contribution < -0.4 is 0 Å². The summed E-state index contributed by atoms with van der Waals surface area (Å²) in [5, 5.41) is 0. The van der Waals surface area contributed by atoms with E-state index >= 15 is 0 Å². The number of amides is 2. The van der Waals surface area contributed by atoms with Crippen LogP contribution in [0.15, 0.2) is 54.6 Å². The summed E-state index contributed by atoms with van der Waals surface area (Å²) >= 11 is 0. The van der Waals surface area contributed by atoms with E-state index in [1.165, 1.54) is 7.05 Å². The largest absolute Gasteiger partial charge is 0.294 e. The fourth-order valence-electron chi connectivity index (χ4n) is 3.13. The van der Waals surface area contributed by atoms with Crippen LogP contribution in [-0.2, 0) is 10.2 Å². The van der Waals surface area contributed by atoms with Crippen molar-refractivity contribution in [1.29, 1.82) is 0 Å². The maximum absolute atomic E-state index is 12.7. The van der Waals surface area contributed by atoms with Crippen molar-refractivity contribution < 1.29 is 14.4 Å². The summed E-state index contributed by atoms with van der Waals surface area (Å²) in [5.41, 5.74) is 0.639. The summed E-state index contributed by atoms with van der Waals surface area (Å²) < 4.78 is 0. The number of nitrogens with zero attached hydrogens (tertiary/aromatic N) is 1. The number of hydrogen-bond acceptors (Lipinski definition) is 3. The number of rotatable bonds is 3. The highest BCUT2D eigenvalue weighted by Crippen LogP contribution is 2.37. The number of benzene rings is 2. The first kappa shape index (κ1) is 15.2. The summed E-state index contributed by atoms with van der Waals surface area (Å²) in [6.45, 7) is 1.73. The van der Waals surface area contributed by atoms with Gasteiger partial charge in [-0.1, -0.05) is 48.5 Å². The zero-order chi connectivity index (χ0) is 16.6. The molecule has 1 aliphatic rings. The second-order valence-electron chi connectivity index (χ2n) is 6.01. The van der Waals surface area contributed by atoms with Crippen molar-refractivity contribution in [2.24, 2.45) is 0 Å². The van der Waals surface area contributed by atoms with Gasteiger partial charge in [0.25, 0.3) is 5.91 Å². The fraction of sp³-hybridized carbons (Fsp3) is 0.211. The minimum Gasteiger partial charge on any atom is -0.294 e. The van der Waals surface area contributed by atoms with E-state index in [0.717, 1.165) is 4.90 Å². The lowest BCUT2D eigenvalue weighted by Crippen LogP contribution is -2.52. The molecule has 1 heterocycles. The summed E-state index contributed by atoms with van der Waals surface area (Å²) in [6, 6.07) is 15.9. The van der Waals surface area contributed by atoms with Crippen LogP contribution in [0.2, 0.25) is 0 Å². The summed E-state index contributed by atoms with van der Waals surface area (Å²) in [7, 11) is 1.46. The van der Waals surface area contributed by atoms with Crippen molar-refractivity contribution in [1.82, 2.24) is 4.90 Å². The van der Waals surface area contributed by atoms with Crippen LogP contribution in [0.5, 0.6) is 0 Å². The van der Waals surface area contributed by atoms with Crippen LogP contribution in [0.3, 0.4) is 0 Å². The van der Waals surface area contributed by atoms with Gasteiger partial charge in [0.2, 0.25) is 5.91 Å². The Labute approximate surface area is 134 Å². The Balaban J connectivity index is 2.06. The molecule has 0 aliphatic carbocycles. The molecule has 0 bridgehead atoms. The Bertz CT molecular complexity index is 797. The van der Waals surface area contributed by atoms with Gasteiger partial charge in [-0.2, -0.15) is 0 Å². The molecule has 0 N–H and O–H groups in total. The first-order valence-electron chi connectivity index (χ1n) is 7.45. The van der Waals surface area contributed by atoms with Gasteiger partial charge in [-0.15, -0.1) is 0 Å². The summed E-state index contributed by atoms with van der Waals surface area (Å²) in [4.78, 5) is 38.7. The molecule has 4 heteroatoms. The zero-order valence-electron chi connectivity index (χ0n) is 13.1. The van der Waals surface area contributed by atoms with E-state index < -0.39 is 5.41 Å². The van der Waals surface area contributed by atoms with E-state index in [0.29, 0.717) is 16.7 Å². The van der Waals surface area contributed by atoms with Crippen molar-refractivity contribution in [3.8, 4) is 0 Å². The predicted octanol–water partition coefficient (Wildman–Crippen LogP) is 2.83. The molecular weight excluding hydrogens is 290 g/mol. The first-order valence-corrected chi connectivity index (χ1v) is 7.45. The number of hydrogen-bond donors (Lipinski definition) is 0. The topological polar surface area (TPSA) is 54.5 Å². The molecule has 0 aromatic heterocycles. The molecule has 0 fully saturated rings. The number of likely N-dealkylation sites (N-methyl/N-ethyl adjacent to an activating group) is 1. The van der Waals surface area contributed by atoms with Gasteiger partial charge in [0.15, 0.2) is 5.78 Å². The van der Waals surface area contributed by atoms with Gasteiger partial charge in [0.1, 0.15) is 0 Å². The molecule has 0 spiro atoms. The van der Waals surface area contributed by atoms with Gasteiger partial charge < -0.3 is 0 Å². The minimum absolute atomic E-state index is 0.0322. The van der Waals surface area contributed by atoms with E-state index in [-0.39, 0.29) is 24.0 Å². The Morgan fingerprint density at radius 1 is 1.00 bits per heavy atom. The van der Waals surface area contributed by atoms with Crippen LogP contribution in [0.4, 0.5) is 0 Å². The molecule has 0 radical (unpaired) electrons. The molecule has 23 heavy (non-hydrogen) atoms. The Morgan fingerprint density at radius 3 is 2.30 bits per heavy atom. The Morgan fingerprint density at radius 2 is 1.61 bits per heavy atom. The minimum atomic E-state index is -1.04. The fourth-order valence-corrected chi connectivity index (χ4v) is 3.13. The molecule has 2 amide bonds. The standard InChI is InChI=1S/C19H17NO3/c1-19(12-16(21)13-8-4-3-5-9-13)15-11-7-6-10-14(15)17(22)20(2)18(19)23/h3-11H,12H2,1-2H3/t19-/m1/s1. The Kier molecular flexibility index (Phi) is 3.60. The SMILES string of the molecule is CN1C(=O)c2ccccc2[C@@](C)(CC(=O)c2ccccc2)C1=O. The molecule has 1 aliphatic heterocycles. The quantitative estimate of drug-likeness (QED) is 0.647. The van der Waals surface area contributed by atoms with E-state index in [1.807, 2.05) is 6.07 Å². The van der Waals surface area contributed by atoms with E-state index in [2.05, 4.69) is 0 Å².